The van der Waals surface area contributed by atoms with Crippen molar-refractivity contribution in [2.75, 3.05) is 30.8 Å². The molecule has 0 fully saturated rings. The molecule has 0 radical (unpaired) electrons. The third-order valence-corrected chi connectivity index (χ3v) is 2.38. The Hall–Kier alpha value is -1.78. The summed E-state index contributed by atoms with van der Waals surface area (Å²) in [4.78, 5) is 13.2. The molecule has 17 heavy (non-hydrogen) atoms. The highest BCUT2D eigenvalue weighted by atomic mass is 19.1. The van der Waals surface area contributed by atoms with Crippen molar-refractivity contribution < 1.29 is 9.18 Å². The van der Waals surface area contributed by atoms with Crippen LogP contribution < -0.4 is 16.0 Å². The lowest BCUT2D eigenvalue weighted by Crippen LogP contribution is -2.36. The van der Waals surface area contributed by atoms with E-state index in [2.05, 4.69) is 5.32 Å². The van der Waals surface area contributed by atoms with Gasteiger partial charge in [0.25, 0.3) is 0 Å². The van der Waals surface area contributed by atoms with Gasteiger partial charge in [0, 0.05) is 25.0 Å². The Labute approximate surface area is 101 Å². The monoisotopic (exact) mass is 239 g/mol. The molecule has 1 aromatic carbocycles. The van der Waals surface area contributed by atoms with Crippen molar-refractivity contribution in [3.63, 3.8) is 0 Å². The van der Waals surface area contributed by atoms with Crippen molar-refractivity contribution in [3.8, 4) is 0 Å². The number of carbonyl (C=O) groups is 1. The molecule has 0 spiro atoms. The predicted molar refractivity (Wildman–Crippen MR) is 67.4 cm³/mol. The van der Waals surface area contributed by atoms with Crippen LogP contribution in [0.2, 0.25) is 0 Å². The van der Waals surface area contributed by atoms with Gasteiger partial charge in [-0.15, -0.1) is 0 Å². The van der Waals surface area contributed by atoms with Gasteiger partial charge in [-0.05, 0) is 24.6 Å². The summed E-state index contributed by atoms with van der Waals surface area (Å²) in [6, 6.07) is 4.31. The molecular formula is C12H18FN3O. The van der Waals surface area contributed by atoms with Gasteiger partial charge in [-0.1, -0.05) is 6.92 Å². The van der Waals surface area contributed by atoms with Crippen LogP contribution in [0.25, 0.3) is 0 Å². The average Bonchev–Trinajstić information content (AvgIpc) is 2.27. The van der Waals surface area contributed by atoms with Crippen LogP contribution in [-0.2, 0) is 4.79 Å². The highest BCUT2D eigenvalue weighted by molar-refractivity contribution is 5.81. The number of anilines is 2. The fourth-order valence-electron chi connectivity index (χ4n) is 1.60. The molecule has 0 bridgehead atoms. The summed E-state index contributed by atoms with van der Waals surface area (Å²) in [7, 11) is 1.58. The van der Waals surface area contributed by atoms with Crippen molar-refractivity contribution in [2.45, 2.75) is 13.3 Å². The molecule has 3 N–H and O–H groups in total. The van der Waals surface area contributed by atoms with E-state index in [4.69, 9.17) is 5.73 Å². The van der Waals surface area contributed by atoms with Crippen molar-refractivity contribution >= 4 is 17.3 Å². The average molecular weight is 239 g/mol. The smallest absolute Gasteiger partial charge is 0.239 e. The third-order valence-electron chi connectivity index (χ3n) is 2.38. The van der Waals surface area contributed by atoms with Crippen LogP contribution in [-0.4, -0.2) is 26.0 Å². The Morgan fingerprint density at radius 1 is 1.47 bits per heavy atom. The first kappa shape index (κ1) is 13.3. The highest BCUT2D eigenvalue weighted by Gasteiger charge is 2.11. The summed E-state index contributed by atoms with van der Waals surface area (Å²) in [6.07, 6.45) is 0.868. The maximum atomic E-state index is 13.2. The fourth-order valence-corrected chi connectivity index (χ4v) is 1.60. The van der Waals surface area contributed by atoms with E-state index in [1.807, 2.05) is 6.92 Å². The molecule has 5 heteroatoms. The molecule has 0 aliphatic heterocycles. The highest BCUT2D eigenvalue weighted by Crippen LogP contribution is 2.20. The van der Waals surface area contributed by atoms with E-state index in [0.717, 1.165) is 6.42 Å². The lowest BCUT2D eigenvalue weighted by atomic mass is 10.2. The molecule has 0 heterocycles. The first-order valence-electron chi connectivity index (χ1n) is 5.58. The zero-order valence-electron chi connectivity index (χ0n) is 10.2. The minimum Gasteiger partial charge on any atom is -0.399 e. The van der Waals surface area contributed by atoms with Crippen LogP contribution in [0.4, 0.5) is 15.8 Å². The molecule has 0 saturated heterocycles. The summed E-state index contributed by atoms with van der Waals surface area (Å²) in [5.41, 5.74) is 6.58. The molecule has 0 atom stereocenters. The van der Waals surface area contributed by atoms with Gasteiger partial charge in [-0.2, -0.15) is 0 Å². The molecule has 94 valence electrons. The number of rotatable bonds is 5. The Morgan fingerprint density at radius 3 is 2.71 bits per heavy atom. The maximum absolute atomic E-state index is 13.2. The summed E-state index contributed by atoms with van der Waals surface area (Å²) >= 11 is 0. The Bertz CT molecular complexity index is 375. The van der Waals surface area contributed by atoms with Gasteiger partial charge in [0.15, 0.2) is 0 Å². The van der Waals surface area contributed by atoms with Crippen molar-refractivity contribution in [3.05, 3.63) is 24.0 Å². The number of nitrogen functional groups attached to an aromatic ring is 1. The number of carbonyl (C=O) groups excluding carboxylic acids is 1. The van der Waals surface area contributed by atoms with E-state index < -0.39 is 5.82 Å². The first-order valence-corrected chi connectivity index (χ1v) is 5.58. The van der Waals surface area contributed by atoms with Gasteiger partial charge in [0.1, 0.15) is 5.82 Å². The lowest BCUT2D eigenvalue weighted by Gasteiger charge is -2.23. The van der Waals surface area contributed by atoms with Crippen molar-refractivity contribution in [2.24, 2.45) is 0 Å². The van der Waals surface area contributed by atoms with Crippen molar-refractivity contribution in [1.29, 1.82) is 0 Å². The van der Waals surface area contributed by atoms with Gasteiger partial charge in [0.05, 0.1) is 6.54 Å². The van der Waals surface area contributed by atoms with E-state index in [1.54, 1.807) is 18.0 Å². The number of benzene rings is 1. The number of halogens is 1. The minimum atomic E-state index is -0.391. The normalized spacial score (nSPS) is 10.1. The van der Waals surface area contributed by atoms with Gasteiger partial charge in [0.2, 0.25) is 5.91 Å². The van der Waals surface area contributed by atoms with Crippen molar-refractivity contribution in [1.82, 2.24) is 5.32 Å². The molecule has 0 saturated carbocycles. The standard InChI is InChI=1S/C12H18FN3O/c1-3-4-16(8-12(17)15-2)11-6-9(13)5-10(14)7-11/h5-7H,3-4,8,14H2,1-2H3,(H,15,17). The molecule has 0 aromatic heterocycles. The lowest BCUT2D eigenvalue weighted by molar-refractivity contribution is -0.119. The number of hydrogen-bond donors (Lipinski definition) is 2. The molecule has 4 nitrogen and oxygen atoms in total. The molecule has 1 rings (SSSR count). The summed E-state index contributed by atoms with van der Waals surface area (Å²) < 4.78 is 13.2. The predicted octanol–water partition coefficient (Wildman–Crippen LogP) is 1.37. The first-order chi connectivity index (χ1) is 8.06. The molecule has 0 aliphatic rings. The van der Waals surface area contributed by atoms with Crippen LogP contribution in [0.1, 0.15) is 13.3 Å². The van der Waals surface area contributed by atoms with Gasteiger partial charge < -0.3 is 16.0 Å². The Morgan fingerprint density at radius 2 is 2.18 bits per heavy atom. The molecule has 1 amide bonds. The third kappa shape index (κ3) is 3.94. The van der Waals surface area contributed by atoms with Gasteiger partial charge in [-0.3, -0.25) is 4.79 Å². The van der Waals surface area contributed by atoms with Crippen LogP contribution in [0.5, 0.6) is 0 Å². The SMILES string of the molecule is CCCN(CC(=O)NC)c1cc(N)cc(F)c1. The second kappa shape index (κ2) is 6.08. The molecule has 1 aromatic rings. The number of likely N-dealkylation sites (N-methyl/N-ethyl adjacent to an activating group) is 1. The minimum absolute atomic E-state index is 0.110. The number of nitrogens with zero attached hydrogens (tertiary/aromatic N) is 1. The summed E-state index contributed by atoms with van der Waals surface area (Å²) in [6.45, 7) is 2.88. The molecule has 0 unspecified atom stereocenters. The Balaban J connectivity index is 2.91. The topological polar surface area (TPSA) is 58.4 Å². The fraction of sp³-hybridized carbons (Fsp3) is 0.417. The van der Waals surface area contributed by atoms with E-state index in [1.165, 1.54) is 12.1 Å². The van der Waals surface area contributed by atoms with Gasteiger partial charge >= 0.3 is 0 Å². The van der Waals surface area contributed by atoms with Crippen LogP contribution >= 0.6 is 0 Å². The number of nitrogens with one attached hydrogen (secondary N) is 1. The zero-order valence-corrected chi connectivity index (χ0v) is 10.2. The zero-order chi connectivity index (χ0) is 12.8. The van der Waals surface area contributed by atoms with Crippen LogP contribution in [0.3, 0.4) is 0 Å². The van der Waals surface area contributed by atoms with E-state index >= 15 is 0 Å². The van der Waals surface area contributed by atoms with Gasteiger partial charge in [-0.25, -0.2) is 4.39 Å². The summed E-state index contributed by atoms with van der Waals surface area (Å²) in [5.74, 6) is -0.501. The number of amides is 1. The Kier molecular flexibility index (Phi) is 4.75. The number of hydrogen-bond acceptors (Lipinski definition) is 3. The summed E-state index contributed by atoms with van der Waals surface area (Å²) in [5, 5.41) is 2.55. The quantitative estimate of drug-likeness (QED) is 0.763. The van der Waals surface area contributed by atoms with E-state index in [0.29, 0.717) is 17.9 Å². The van der Waals surface area contributed by atoms with Crippen LogP contribution in [0.15, 0.2) is 18.2 Å². The maximum Gasteiger partial charge on any atom is 0.239 e. The second-order valence-corrected chi connectivity index (χ2v) is 3.84. The van der Waals surface area contributed by atoms with Crippen LogP contribution in [0, 0.1) is 5.82 Å². The second-order valence-electron chi connectivity index (χ2n) is 3.84. The van der Waals surface area contributed by atoms with E-state index in [-0.39, 0.29) is 12.5 Å². The van der Waals surface area contributed by atoms with E-state index in [9.17, 15) is 9.18 Å². The molecular weight excluding hydrogens is 221 g/mol. The molecule has 0 aliphatic carbocycles. The number of nitrogens with two attached hydrogens (primary N) is 1. The largest absolute Gasteiger partial charge is 0.399 e.